The number of allylic oxidation sites excluding steroid dienone is 6. The van der Waals surface area contributed by atoms with Crippen molar-refractivity contribution in [2.45, 2.75) is 91.4 Å². The highest BCUT2D eigenvalue weighted by Gasteiger charge is 2.38. The third-order valence-electron chi connectivity index (χ3n) is 8.00. The van der Waals surface area contributed by atoms with Gasteiger partial charge in [0.1, 0.15) is 11.6 Å². The van der Waals surface area contributed by atoms with E-state index in [9.17, 15) is 14.4 Å². The molecular weight excluding hydrogens is 372 g/mol. The Morgan fingerprint density at radius 3 is 2.40 bits per heavy atom. The molecule has 4 aliphatic carbocycles. The average molecular weight is 409 g/mol. The topological polar surface area (TPSA) is 51.2 Å². The fraction of sp³-hybridized carbons (Fsp3) is 0.667. The molecule has 0 aromatic carbocycles. The lowest BCUT2D eigenvalue weighted by Gasteiger charge is -2.28. The average Bonchev–Trinajstić information content (AvgIpc) is 3.38. The van der Waals surface area contributed by atoms with E-state index in [-0.39, 0.29) is 22.8 Å². The SMILES string of the molecule is CC1=CC(C2CCCCC2)C2=C1C=C(C(=O)CCC(C)(C)CC1C(=O)CCC1=O)C2. The Labute approximate surface area is 181 Å². The van der Waals surface area contributed by atoms with Crippen LogP contribution >= 0.6 is 0 Å². The summed E-state index contributed by atoms with van der Waals surface area (Å²) in [5, 5.41) is 0. The van der Waals surface area contributed by atoms with E-state index in [4.69, 9.17) is 0 Å². The Kier molecular flexibility index (Phi) is 6.01. The van der Waals surface area contributed by atoms with E-state index >= 15 is 0 Å². The summed E-state index contributed by atoms with van der Waals surface area (Å²) in [5.41, 5.74) is 4.96. The van der Waals surface area contributed by atoms with Crippen LogP contribution in [-0.4, -0.2) is 17.3 Å². The first-order valence-electron chi connectivity index (χ1n) is 12.0. The van der Waals surface area contributed by atoms with Crippen LogP contribution in [0.1, 0.15) is 91.4 Å². The van der Waals surface area contributed by atoms with E-state index in [0.29, 0.717) is 31.6 Å². The molecule has 0 radical (unpaired) electrons. The zero-order chi connectivity index (χ0) is 21.5. The van der Waals surface area contributed by atoms with E-state index in [1.807, 2.05) is 0 Å². The zero-order valence-electron chi connectivity index (χ0n) is 18.9. The van der Waals surface area contributed by atoms with Crippen LogP contribution in [0.5, 0.6) is 0 Å². The van der Waals surface area contributed by atoms with Crippen LogP contribution in [-0.2, 0) is 14.4 Å². The van der Waals surface area contributed by atoms with Gasteiger partial charge in [0.2, 0.25) is 0 Å². The highest BCUT2D eigenvalue weighted by molar-refractivity contribution is 6.08. The Hall–Kier alpha value is -1.77. The van der Waals surface area contributed by atoms with Crippen molar-refractivity contribution in [2.75, 3.05) is 0 Å². The minimum atomic E-state index is -0.435. The first kappa shape index (κ1) is 21.5. The second-order valence-corrected chi connectivity index (χ2v) is 10.8. The molecule has 3 heteroatoms. The summed E-state index contributed by atoms with van der Waals surface area (Å²) in [6, 6.07) is 0. The Balaban J connectivity index is 1.34. The summed E-state index contributed by atoms with van der Waals surface area (Å²) < 4.78 is 0. The number of rotatable bonds is 7. The van der Waals surface area contributed by atoms with Gasteiger partial charge in [-0.3, -0.25) is 14.4 Å². The molecular formula is C27H36O3. The van der Waals surface area contributed by atoms with E-state index in [0.717, 1.165) is 24.3 Å². The van der Waals surface area contributed by atoms with Crippen LogP contribution in [0.3, 0.4) is 0 Å². The van der Waals surface area contributed by atoms with Gasteiger partial charge in [0.15, 0.2) is 5.78 Å². The third kappa shape index (κ3) is 4.31. The zero-order valence-corrected chi connectivity index (χ0v) is 18.9. The molecule has 0 bridgehead atoms. The van der Waals surface area contributed by atoms with Gasteiger partial charge in [0.25, 0.3) is 0 Å². The smallest absolute Gasteiger partial charge is 0.159 e. The van der Waals surface area contributed by atoms with Crippen molar-refractivity contribution in [1.29, 1.82) is 0 Å². The van der Waals surface area contributed by atoms with Crippen molar-refractivity contribution in [3.8, 4) is 0 Å². The molecule has 0 aromatic rings. The van der Waals surface area contributed by atoms with Crippen molar-refractivity contribution in [3.63, 3.8) is 0 Å². The summed E-state index contributed by atoms with van der Waals surface area (Å²) in [5.74, 6) is 1.29. The molecule has 162 valence electrons. The Bertz CT molecular complexity index is 829. The van der Waals surface area contributed by atoms with Gasteiger partial charge in [-0.05, 0) is 73.2 Å². The number of carbonyl (C=O) groups excluding carboxylic acids is 3. The van der Waals surface area contributed by atoms with Crippen molar-refractivity contribution in [1.82, 2.24) is 0 Å². The maximum absolute atomic E-state index is 13.0. The van der Waals surface area contributed by atoms with Gasteiger partial charge in [-0.1, -0.05) is 44.8 Å². The minimum Gasteiger partial charge on any atom is -0.299 e. The van der Waals surface area contributed by atoms with E-state index < -0.39 is 5.92 Å². The van der Waals surface area contributed by atoms with Gasteiger partial charge >= 0.3 is 0 Å². The summed E-state index contributed by atoms with van der Waals surface area (Å²) >= 11 is 0. The maximum Gasteiger partial charge on any atom is 0.159 e. The third-order valence-corrected chi connectivity index (χ3v) is 8.00. The molecule has 4 rings (SSSR count). The van der Waals surface area contributed by atoms with Crippen LogP contribution in [0.15, 0.2) is 34.4 Å². The quantitative estimate of drug-likeness (QED) is 0.479. The molecule has 0 heterocycles. The van der Waals surface area contributed by atoms with E-state index in [1.54, 1.807) is 0 Å². The van der Waals surface area contributed by atoms with Crippen molar-refractivity contribution >= 4 is 17.3 Å². The lowest BCUT2D eigenvalue weighted by molar-refractivity contribution is -0.128. The first-order chi connectivity index (χ1) is 14.2. The van der Waals surface area contributed by atoms with Gasteiger partial charge in [0.05, 0.1) is 5.92 Å². The molecule has 30 heavy (non-hydrogen) atoms. The number of hydrogen-bond acceptors (Lipinski definition) is 3. The van der Waals surface area contributed by atoms with Gasteiger partial charge in [-0.15, -0.1) is 0 Å². The molecule has 3 nitrogen and oxygen atoms in total. The normalized spacial score (nSPS) is 25.8. The largest absolute Gasteiger partial charge is 0.299 e. The molecule has 0 amide bonds. The number of ketones is 3. The molecule has 0 N–H and O–H groups in total. The monoisotopic (exact) mass is 408 g/mol. The molecule has 2 saturated carbocycles. The molecule has 0 aliphatic heterocycles. The molecule has 0 saturated heterocycles. The van der Waals surface area contributed by atoms with Crippen molar-refractivity contribution < 1.29 is 14.4 Å². The van der Waals surface area contributed by atoms with E-state index in [1.165, 1.54) is 48.8 Å². The predicted molar refractivity (Wildman–Crippen MR) is 119 cm³/mol. The standard InChI is InChI=1S/C27H36O3/c1-17-13-21(18-7-5-4-6-8-18)22-15-19(14-20(17)22)24(28)11-12-27(2,3)16-23-25(29)9-10-26(23)30/h13-14,18,21,23H,4-12,15-16H2,1-3H3. The molecule has 4 aliphatic rings. The summed E-state index contributed by atoms with van der Waals surface area (Å²) in [7, 11) is 0. The van der Waals surface area contributed by atoms with Gasteiger partial charge in [-0.25, -0.2) is 0 Å². The number of carbonyl (C=O) groups is 3. The molecule has 1 unspecified atom stereocenters. The molecule has 2 fully saturated rings. The Morgan fingerprint density at radius 2 is 1.73 bits per heavy atom. The lowest BCUT2D eigenvalue weighted by atomic mass is 9.76. The van der Waals surface area contributed by atoms with Gasteiger partial charge in [-0.2, -0.15) is 0 Å². The summed E-state index contributed by atoms with van der Waals surface area (Å²) in [4.78, 5) is 37.0. The maximum atomic E-state index is 13.0. The molecule has 1 atom stereocenters. The Morgan fingerprint density at radius 1 is 1.07 bits per heavy atom. The highest BCUT2D eigenvalue weighted by Crippen LogP contribution is 2.47. The van der Waals surface area contributed by atoms with Crippen LogP contribution in [0, 0.1) is 23.2 Å². The fourth-order valence-corrected chi connectivity index (χ4v) is 6.10. The second-order valence-electron chi connectivity index (χ2n) is 10.8. The predicted octanol–water partition coefficient (Wildman–Crippen LogP) is 6.08. The summed E-state index contributed by atoms with van der Waals surface area (Å²) in [6.07, 6.45) is 14.7. The summed E-state index contributed by atoms with van der Waals surface area (Å²) in [6.45, 7) is 6.37. The van der Waals surface area contributed by atoms with Crippen LogP contribution in [0.2, 0.25) is 0 Å². The lowest BCUT2D eigenvalue weighted by Crippen LogP contribution is -2.24. The van der Waals surface area contributed by atoms with Crippen molar-refractivity contribution in [2.24, 2.45) is 23.2 Å². The minimum absolute atomic E-state index is 0.0922. The van der Waals surface area contributed by atoms with Crippen LogP contribution in [0.25, 0.3) is 0 Å². The number of Topliss-reactive ketones (excluding diaryl/α,β-unsaturated/α-hetero) is 3. The molecule has 0 spiro atoms. The van der Waals surface area contributed by atoms with Crippen LogP contribution in [0.4, 0.5) is 0 Å². The first-order valence-corrected chi connectivity index (χ1v) is 12.0. The van der Waals surface area contributed by atoms with Crippen LogP contribution < -0.4 is 0 Å². The van der Waals surface area contributed by atoms with Gasteiger partial charge < -0.3 is 0 Å². The van der Waals surface area contributed by atoms with E-state index in [2.05, 4.69) is 32.9 Å². The van der Waals surface area contributed by atoms with Crippen molar-refractivity contribution in [3.05, 3.63) is 34.4 Å². The molecule has 0 aromatic heterocycles. The highest BCUT2D eigenvalue weighted by atomic mass is 16.2. The fourth-order valence-electron chi connectivity index (χ4n) is 6.10. The second kappa shape index (κ2) is 8.40. The number of hydrogen-bond donors (Lipinski definition) is 0. The van der Waals surface area contributed by atoms with Gasteiger partial charge in [0, 0.05) is 25.2 Å².